The van der Waals surface area contributed by atoms with E-state index in [1.165, 1.54) is 97.2 Å². The molecule has 0 atom stereocenters. The Balaban J connectivity index is 0.00000171. The molecule has 0 nitrogen and oxygen atoms in total. The van der Waals surface area contributed by atoms with Crippen molar-refractivity contribution in [2.24, 2.45) is 0 Å². The molecule has 58 heavy (non-hydrogen) atoms. The molecule has 0 spiro atoms. The molecule has 0 saturated heterocycles. The molecule has 0 radical (unpaired) electrons. The summed E-state index contributed by atoms with van der Waals surface area (Å²) in [6.07, 6.45) is 1.92. The zero-order valence-electron chi connectivity index (χ0n) is 33.9. The molecule has 10 aromatic rings. The molecule has 0 N–H and O–H groups in total. The fourth-order valence-corrected chi connectivity index (χ4v) is 15.0. The van der Waals surface area contributed by atoms with Crippen LogP contribution in [-0.4, -0.2) is 8.07 Å². The third kappa shape index (κ3) is 6.29. The van der Waals surface area contributed by atoms with Crippen LogP contribution in [-0.2, 0) is 38.7 Å². The Bertz CT molecular complexity index is 2780. The molecule has 280 valence electrons. The Morgan fingerprint density at radius 3 is 1.17 bits per heavy atom. The van der Waals surface area contributed by atoms with Gasteiger partial charge in [-0.15, -0.1) is 80.2 Å². The summed E-state index contributed by atoms with van der Waals surface area (Å²) in [5.74, 6) is 0. The summed E-state index contributed by atoms with van der Waals surface area (Å²) < 4.78 is 0. The zero-order valence-corrected chi connectivity index (χ0v) is 38.5. The minimum absolute atomic E-state index is 0. The van der Waals surface area contributed by atoms with E-state index in [-0.39, 0.29) is 40.7 Å². The Kier molecular flexibility index (Phi) is 11.8. The fraction of sp³-hybridized carbons (Fsp3) is 0.0714. The van der Waals surface area contributed by atoms with Gasteiger partial charge < -0.3 is 14.9 Å². The van der Waals surface area contributed by atoms with E-state index >= 15 is 0 Å². The Morgan fingerprint density at radius 1 is 0.397 bits per heavy atom. The molecule has 0 fully saturated rings. The maximum atomic E-state index is 2.49. The first kappa shape index (κ1) is 40.8. The van der Waals surface area contributed by atoms with Crippen LogP contribution < -0.4 is 20.7 Å². The number of fused-ring (bicyclic) bond motifs is 4. The fourth-order valence-electron chi connectivity index (χ4n) is 9.77. The van der Waals surface area contributed by atoms with Gasteiger partial charge in [-0.25, -0.2) is 0 Å². The van der Waals surface area contributed by atoms with Crippen molar-refractivity contribution in [2.75, 3.05) is 0 Å². The molecule has 2 heteroatoms. The van der Waals surface area contributed by atoms with Crippen molar-refractivity contribution in [3.63, 3.8) is 0 Å². The number of hydrogen-bond acceptors (Lipinski definition) is 0. The first-order chi connectivity index (χ1) is 27.2. The van der Waals surface area contributed by atoms with Crippen molar-refractivity contribution in [2.45, 2.75) is 26.7 Å². The van der Waals surface area contributed by atoms with Crippen molar-refractivity contribution >= 4 is 71.9 Å². The summed E-state index contributed by atoms with van der Waals surface area (Å²) in [7, 11) is -3.09. The van der Waals surface area contributed by atoms with Crippen LogP contribution in [0.15, 0.2) is 194 Å². The second-order valence-electron chi connectivity index (χ2n) is 14.9. The summed E-state index contributed by atoms with van der Waals surface area (Å²) in [4.78, 5) is 0. The van der Waals surface area contributed by atoms with Crippen LogP contribution in [0.4, 0.5) is 0 Å². The number of aryl methyl sites for hydroxylation is 2. The van der Waals surface area contributed by atoms with Gasteiger partial charge in [0.1, 0.15) is 0 Å². The Labute approximate surface area is 364 Å². The van der Waals surface area contributed by atoms with Crippen LogP contribution in [0, 0.1) is 14.9 Å². The molecule has 0 unspecified atom stereocenters. The number of benzene rings is 8. The van der Waals surface area contributed by atoms with Crippen molar-refractivity contribution in [1.82, 2.24) is 0 Å². The van der Waals surface area contributed by atoms with Gasteiger partial charge in [0.2, 0.25) is 0 Å². The summed E-state index contributed by atoms with van der Waals surface area (Å²) in [6, 6.07) is 73.8. The van der Waals surface area contributed by atoms with E-state index in [0.717, 1.165) is 12.8 Å². The van der Waals surface area contributed by atoms with E-state index in [2.05, 4.69) is 208 Å². The number of rotatable bonds is 8. The first-order valence-corrected chi connectivity index (χ1v) is 21.7. The molecule has 10 rings (SSSR count). The van der Waals surface area contributed by atoms with Crippen molar-refractivity contribution in [3.8, 4) is 22.3 Å². The summed E-state index contributed by atoms with van der Waals surface area (Å²) in [6.45, 7) is 4.63. The summed E-state index contributed by atoms with van der Waals surface area (Å²) in [5, 5.41) is 16.3. The molecular formula is C56H48HfSi. The van der Waals surface area contributed by atoms with Crippen LogP contribution in [0.2, 0.25) is 0 Å². The zero-order chi connectivity index (χ0) is 36.9. The molecule has 10 aromatic carbocycles. The van der Waals surface area contributed by atoms with Gasteiger partial charge in [-0.3, -0.25) is 0 Å². The smallest absolute Gasteiger partial charge is 0.358 e. The Hall–Kier alpha value is -5.41. The molecule has 0 saturated carbocycles. The van der Waals surface area contributed by atoms with Gasteiger partial charge >= 0.3 is 25.8 Å². The van der Waals surface area contributed by atoms with E-state index in [1.54, 1.807) is 0 Å². The van der Waals surface area contributed by atoms with E-state index in [1.807, 2.05) is 0 Å². The van der Waals surface area contributed by atoms with Crippen LogP contribution in [0.3, 0.4) is 0 Å². The molecule has 0 aliphatic rings. The third-order valence-corrected chi connectivity index (χ3v) is 16.9. The Morgan fingerprint density at radius 2 is 0.759 bits per heavy atom. The average Bonchev–Trinajstić information content (AvgIpc) is 3.83. The van der Waals surface area contributed by atoms with Gasteiger partial charge in [0, 0.05) is 0 Å². The molecular weight excluding hydrogens is 879 g/mol. The van der Waals surface area contributed by atoms with Crippen LogP contribution in [0.5, 0.6) is 0 Å². The largest absolute Gasteiger partial charge is 4.00 e. The standard InChI is InChI=1S/C54H42Si.2CH3.Hf/c1-3-37-35-41-23-17-33-49(53(41)51(37)47-31-15-21-39-19-11-13-29-45(39)47)55(43-25-7-5-8-26-43,44-27-9-6-10-28-44)50-34-18-24-42-36-38(4-2)52(54(42)50)48-32-16-22-40-20-12-14-30-46(40)48;;;/h5-36H,3-4H2,1-2H3;2*1H3;/q-2;2*-1;+4. The van der Waals surface area contributed by atoms with Crippen molar-refractivity contribution in [3.05, 3.63) is 220 Å². The van der Waals surface area contributed by atoms with Crippen LogP contribution in [0.1, 0.15) is 25.0 Å². The molecule has 0 bridgehead atoms. The maximum absolute atomic E-state index is 3.09. The van der Waals surface area contributed by atoms with Crippen molar-refractivity contribution in [1.29, 1.82) is 0 Å². The minimum atomic E-state index is -3.09. The third-order valence-electron chi connectivity index (χ3n) is 12.1. The second-order valence-corrected chi connectivity index (χ2v) is 18.6. The first-order valence-electron chi connectivity index (χ1n) is 19.7. The molecule has 0 heterocycles. The van der Waals surface area contributed by atoms with Gasteiger partial charge in [-0.05, 0) is 44.8 Å². The maximum Gasteiger partial charge on any atom is 4.00 e. The van der Waals surface area contributed by atoms with Gasteiger partial charge in [-0.1, -0.05) is 193 Å². The monoisotopic (exact) mass is 928 g/mol. The van der Waals surface area contributed by atoms with Crippen LogP contribution in [0.25, 0.3) is 65.3 Å². The van der Waals surface area contributed by atoms with Crippen molar-refractivity contribution < 1.29 is 25.8 Å². The number of hydrogen-bond donors (Lipinski definition) is 0. The quantitative estimate of drug-likeness (QED) is 0.0809. The molecule has 0 aliphatic carbocycles. The van der Waals surface area contributed by atoms with Gasteiger partial charge in [0.15, 0.2) is 8.07 Å². The normalized spacial score (nSPS) is 11.3. The minimum Gasteiger partial charge on any atom is -0.358 e. The second kappa shape index (κ2) is 16.8. The topological polar surface area (TPSA) is 0 Å². The average molecular weight is 928 g/mol. The van der Waals surface area contributed by atoms with Crippen LogP contribution >= 0.6 is 0 Å². The van der Waals surface area contributed by atoms with E-state index in [9.17, 15) is 0 Å². The van der Waals surface area contributed by atoms with E-state index in [4.69, 9.17) is 0 Å². The SMILES string of the molecule is CCc1[cH-]c2cccc([Si](c3ccccc3)(c3ccccc3)c3cccc4[cH-]c(CC)c(-c5cccc6ccccc56)c34)c2c1-c1cccc2ccccc12.[CH3-].[CH3-].[Hf+4]. The van der Waals surface area contributed by atoms with Gasteiger partial charge in [-0.2, -0.15) is 0 Å². The predicted octanol–water partition coefficient (Wildman–Crippen LogP) is 12.5. The summed E-state index contributed by atoms with van der Waals surface area (Å²) in [5.41, 5.74) is 8.20. The predicted molar refractivity (Wildman–Crippen MR) is 254 cm³/mol. The molecule has 0 amide bonds. The van der Waals surface area contributed by atoms with Gasteiger partial charge in [0.25, 0.3) is 0 Å². The molecule has 0 aromatic heterocycles. The van der Waals surface area contributed by atoms with E-state index < -0.39 is 8.07 Å². The van der Waals surface area contributed by atoms with Gasteiger partial charge in [0.05, 0.1) is 0 Å². The summed E-state index contributed by atoms with van der Waals surface area (Å²) >= 11 is 0. The van der Waals surface area contributed by atoms with E-state index in [0.29, 0.717) is 0 Å². The molecule has 0 aliphatic heterocycles.